The molecule has 0 fully saturated rings. The third-order valence-corrected chi connectivity index (χ3v) is 1.66. The van der Waals surface area contributed by atoms with Gasteiger partial charge >= 0.3 is 0 Å². The van der Waals surface area contributed by atoms with Crippen LogP contribution in [0.1, 0.15) is 6.92 Å². The van der Waals surface area contributed by atoms with Gasteiger partial charge in [-0.05, 0) is 0 Å². The minimum Gasteiger partial charge on any atom is -0.351 e. The summed E-state index contributed by atoms with van der Waals surface area (Å²) in [5, 5.41) is 2.69. The predicted molar refractivity (Wildman–Crippen MR) is 46.6 cm³/mol. The lowest BCUT2D eigenvalue weighted by Crippen LogP contribution is -2.46. The fourth-order valence-electron chi connectivity index (χ4n) is 0.828. The van der Waals surface area contributed by atoms with Crippen molar-refractivity contribution in [1.29, 1.82) is 0 Å². The van der Waals surface area contributed by atoms with Crippen LogP contribution >= 0.6 is 0 Å². The van der Waals surface area contributed by atoms with Crippen molar-refractivity contribution in [3.05, 3.63) is 0 Å². The molecule has 0 aromatic rings. The van der Waals surface area contributed by atoms with E-state index in [0.29, 0.717) is 17.6 Å². The van der Waals surface area contributed by atoms with Crippen LogP contribution in [0.4, 0.5) is 0 Å². The van der Waals surface area contributed by atoms with Gasteiger partial charge in [0.15, 0.2) is 6.29 Å². The summed E-state index contributed by atoms with van der Waals surface area (Å²) in [4.78, 5) is 20.7. The molecule has 0 aromatic heterocycles. The molecule has 0 atom stereocenters. The molecule has 0 aliphatic rings. The quantitative estimate of drug-likeness (QED) is 0.445. The van der Waals surface area contributed by atoms with E-state index in [9.17, 15) is 9.59 Å². The van der Waals surface area contributed by atoms with Gasteiger partial charge < -0.3 is 9.80 Å². The van der Waals surface area contributed by atoms with Crippen LogP contribution in [0, 0.1) is 0 Å². The number of nitrogens with one attached hydrogen (secondary N) is 1. The van der Waals surface area contributed by atoms with Crippen molar-refractivity contribution in [1.82, 2.24) is 5.32 Å². The first-order chi connectivity index (χ1) is 5.48. The maximum Gasteiger partial charge on any atom is 0.217 e. The molecular weight excluding hydrogens is 156 g/mol. The van der Waals surface area contributed by atoms with Crippen molar-refractivity contribution >= 4 is 12.2 Å². The van der Waals surface area contributed by atoms with Gasteiger partial charge in [-0.1, -0.05) is 0 Å². The number of hydrogen-bond acceptors (Lipinski definition) is 2. The summed E-state index contributed by atoms with van der Waals surface area (Å²) in [6.07, 6.45) is 0.897. The van der Waals surface area contributed by atoms with E-state index < -0.39 is 0 Å². The van der Waals surface area contributed by atoms with Crippen LogP contribution in [-0.2, 0) is 9.59 Å². The number of aldehydes is 1. The van der Waals surface area contributed by atoms with Gasteiger partial charge in [-0.2, -0.15) is 0 Å². The molecule has 4 heteroatoms. The summed E-state index contributed by atoms with van der Waals surface area (Å²) < 4.78 is 0.615. The minimum absolute atomic E-state index is 0.0268. The summed E-state index contributed by atoms with van der Waals surface area (Å²) in [6.45, 7) is 3.37. The van der Waals surface area contributed by atoms with Crippen molar-refractivity contribution in [2.24, 2.45) is 0 Å². The number of hydrogen-bond donors (Lipinski definition) is 1. The zero-order chi connectivity index (χ0) is 9.61. The Labute approximate surface area is 73.1 Å². The van der Waals surface area contributed by atoms with Crippen LogP contribution in [0.2, 0.25) is 0 Å². The third-order valence-electron chi connectivity index (χ3n) is 1.66. The Morgan fingerprint density at radius 2 is 2.08 bits per heavy atom. The molecule has 0 radical (unpaired) electrons. The summed E-state index contributed by atoms with van der Waals surface area (Å²) in [7, 11) is 3.91. The van der Waals surface area contributed by atoms with Crippen molar-refractivity contribution in [2.75, 3.05) is 33.7 Å². The van der Waals surface area contributed by atoms with E-state index in [0.717, 1.165) is 12.8 Å². The number of likely N-dealkylation sites (N-methyl/N-ethyl adjacent to an activating group) is 1. The molecule has 0 aromatic carbocycles. The van der Waals surface area contributed by atoms with Gasteiger partial charge in [-0.3, -0.25) is 9.59 Å². The van der Waals surface area contributed by atoms with Gasteiger partial charge in [0, 0.05) is 6.92 Å². The fourth-order valence-corrected chi connectivity index (χ4v) is 0.828. The van der Waals surface area contributed by atoms with Crippen LogP contribution < -0.4 is 5.32 Å². The lowest BCUT2D eigenvalue weighted by atomic mass is 10.4. The zero-order valence-electron chi connectivity index (χ0n) is 7.96. The minimum atomic E-state index is -0.0268. The van der Waals surface area contributed by atoms with Crippen LogP contribution in [-0.4, -0.2) is 50.4 Å². The van der Waals surface area contributed by atoms with Gasteiger partial charge in [0.05, 0.1) is 27.2 Å². The maximum atomic E-state index is 10.5. The van der Waals surface area contributed by atoms with Gasteiger partial charge in [0.25, 0.3) is 0 Å². The number of amides is 1. The Bertz CT molecular complexity index is 166. The molecule has 0 aliphatic carbocycles. The van der Waals surface area contributed by atoms with E-state index >= 15 is 0 Å². The lowest BCUT2D eigenvalue weighted by molar-refractivity contribution is -0.880. The summed E-state index contributed by atoms with van der Waals surface area (Å²) in [5.41, 5.74) is 0. The van der Waals surface area contributed by atoms with Crippen LogP contribution in [0.5, 0.6) is 0 Å². The topological polar surface area (TPSA) is 46.2 Å². The number of nitrogens with zero attached hydrogens (tertiary/aromatic N) is 1. The highest BCUT2D eigenvalue weighted by atomic mass is 16.1. The smallest absolute Gasteiger partial charge is 0.217 e. The second-order valence-corrected chi connectivity index (χ2v) is 3.49. The molecule has 0 heterocycles. The molecule has 70 valence electrons. The van der Waals surface area contributed by atoms with Gasteiger partial charge in [0.1, 0.15) is 6.54 Å². The van der Waals surface area contributed by atoms with Crippen molar-refractivity contribution in [2.45, 2.75) is 6.92 Å². The Hall–Kier alpha value is -0.900. The fraction of sp³-hybridized carbons (Fsp3) is 0.750. The van der Waals surface area contributed by atoms with Gasteiger partial charge in [0.2, 0.25) is 5.91 Å². The first-order valence-electron chi connectivity index (χ1n) is 3.98. The number of carbonyl (C=O) groups is 2. The van der Waals surface area contributed by atoms with Crippen LogP contribution in [0.15, 0.2) is 0 Å². The molecule has 0 rings (SSSR count). The van der Waals surface area contributed by atoms with Crippen molar-refractivity contribution in [3.8, 4) is 0 Å². The molecule has 0 bridgehead atoms. The third kappa shape index (κ3) is 5.85. The normalized spacial score (nSPS) is 10.9. The van der Waals surface area contributed by atoms with Crippen molar-refractivity contribution < 1.29 is 14.1 Å². The molecule has 0 saturated heterocycles. The molecule has 1 N–H and O–H groups in total. The Morgan fingerprint density at radius 1 is 1.50 bits per heavy atom. The molecule has 4 nitrogen and oxygen atoms in total. The number of carbonyl (C=O) groups excluding carboxylic acids is 2. The predicted octanol–water partition coefficient (Wildman–Crippen LogP) is -0.602. The largest absolute Gasteiger partial charge is 0.351 e. The van der Waals surface area contributed by atoms with Gasteiger partial charge in [-0.25, -0.2) is 0 Å². The van der Waals surface area contributed by atoms with E-state index in [2.05, 4.69) is 5.32 Å². The molecular formula is C8H17N2O2+. The van der Waals surface area contributed by atoms with Crippen LogP contribution in [0.3, 0.4) is 0 Å². The standard InChI is InChI=1S/C8H16N2O2/c1-8(12)9-4-5-10(2,3)6-7-11/h7H,4-6H2,1-3H3/p+1. The molecule has 0 aliphatic heterocycles. The highest BCUT2D eigenvalue weighted by Gasteiger charge is 2.12. The highest BCUT2D eigenvalue weighted by molar-refractivity contribution is 5.72. The first kappa shape index (κ1) is 11.1. The maximum absolute atomic E-state index is 10.5. The van der Waals surface area contributed by atoms with E-state index in [4.69, 9.17) is 0 Å². The van der Waals surface area contributed by atoms with Crippen LogP contribution in [0.25, 0.3) is 0 Å². The average molecular weight is 173 g/mol. The van der Waals surface area contributed by atoms with E-state index in [1.54, 1.807) is 0 Å². The summed E-state index contributed by atoms with van der Waals surface area (Å²) in [6, 6.07) is 0. The average Bonchev–Trinajstić information content (AvgIpc) is 1.85. The monoisotopic (exact) mass is 173 g/mol. The number of quaternary nitrogens is 1. The summed E-state index contributed by atoms with van der Waals surface area (Å²) in [5.74, 6) is -0.0268. The SMILES string of the molecule is CC(=O)NCC[N+](C)(C)CC=O. The Kier molecular flexibility index (Phi) is 4.51. The van der Waals surface area contributed by atoms with E-state index in [-0.39, 0.29) is 5.91 Å². The highest BCUT2D eigenvalue weighted by Crippen LogP contribution is 1.91. The van der Waals surface area contributed by atoms with E-state index in [1.807, 2.05) is 14.1 Å². The lowest BCUT2D eigenvalue weighted by Gasteiger charge is -2.27. The second kappa shape index (κ2) is 4.87. The van der Waals surface area contributed by atoms with E-state index in [1.165, 1.54) is 6.92 Å². The molecule has 0 saturated carbocycles. The Morgan fingerprint density at radius 3 is 2.50 bits per heavy atom. The summed E-state index contributed by atoms with van der Waals surface area (Å²) >= 11 is 0. The van der Waals surface area contributed by atoms with Gasteiger partial charge in [-0.15, -0.1) is 0 Å². The number of rotatable bonds is 5. The zero-order valence-corrected chi connectivity index (χ0v) is 7.96. The van der Waals surface area contributed by atoms with Crippen molar-refractivity contribution in [3.63, 3.8) is 0 Å². The molecule has 12 heavy (non-hydrogen) atoms. The Balaban J connectivity index is 3.60. The molecule has 0 unspecified atom stereocenters. The molecule has 1 amide bonds. The second-order valence-electron chi connectivity index (χ2n) is 3.49. The first-order valence-corrected chi connectivity index (χ1v) is 3.98. The molecule has 0 spiro atoms.